The van der Waals surface area contributed by atoms with Crippen molar-refractivity contribution in [2.45, 2.75) is 71.8 Å². The third kappa shape index (κ3) is 1.76. The fourth-order valence-electron chi connectivity index (χ4n) is 7.13. The molecular formula is C20H31NO. The summed E-state index contributed by atoms with van der Waals surface area (Å²) in [6.45, 7) is 7.04. The Kier molecular flexibility index (Phi) is 3.10. The van der Waals surface area contributed by atoms with Crippen LogP contribution in [0, 0.1) is 28.6 Å². The molecule has 2 heteroatoms. The standard InChI is InChI=1S/C20H31NO/c1-13-12-20(3)16-9-11-19(2)10-5-6-15(19)14(16)7-8-17(20)21(4)18(13)22/h12,14-17H,5-11H2,1-4H3/t14-,15-,16-,17+,19-,20+/m0/s1. The van der Waals surface area contributed by atoms with Gasteiger partial charge in [-0.3, -0.25) is 4.79 Å². The summed E-state index contributed by atoms with van der Waals surface area (Å²) in [6, 6.07) is 0.427. The van der Waals surface area contributed by atoms with Gasteiger partial charge in [0.15, 0.2) is 0 Å². The van der Waals surface area contributed by atoms with Gasteiger partial charge in [-0.15, -0.1) is 0 Å². The summed E-state index contributed by atoms with van der Waals surface area (Å²) < 4.78 is 0. The minimum atomic E-state index is 0.208. The van der Waals surface area contributed by atoms with Crippen LogP contribution in [-0.4, -0.2) is 23.9 Å². The molecule has 2 nitrogen and oxygen atoms in total. The fraction of sp³-hybridized carbons (Fsp3) is 0.850. The van der Waals surface area contributed by atoms with Crippen molar-refractivity contribution >= 4 is 5.91 Å². The lowest BCUT2D eigenvalue weighted by atomic mass is 9.48. The van der Waals surface area contributed by atoms with E-state index >= 15 is 0 Å². The Morgan fingerprint density at radius 2 is 1.86 bits per heavy atom. The summed E-state index contributed by atoms with van der Waals surface area (Å²) in [5.74, 6) is 2.88. The maximum Gasteiger partial charge on any atom is 0.249 e. The molecule has 3 aliphatic carbocycles. The number of rotatable bonds is 0. The monoisotopic (exact) mass is 301 g/mol. The Hall–Kier alpha value is -0.790. The topological polar surface area (TPSA) is 20.3 Å². The van der Waals surface area contributed by atoms with Crippen LogP contribution in [0.2, 0.25) is 0 Å². The first-order chi connectivity index (χ1) is 10.4. The molecule has 3 fully saturated rings. The van der Waals surface area contributed by atoms with E-state index in [1.165, 1.54) is 44.9 Å². The van der Waals surface area contributed by atoms with Crippen molar-refractivity contribution in [1.82, 2.24) is 4.90 Å². The average molecular weight is 301 g/mol. The number of nitrogens with zero attached hydrogens (tertiary/aromatic N) is 1. The molecule has 1 aliphatic heterocycles. The van der Waals surface area contributed by atoms with Gasteiger partial charge in [-0.05, 0) is 68.6 Å². The van der Waals surface area contributed by atoms with Crippen molar-refractivity contribution < 1.29 is 4.79 Å². The highest BCUT2D eigenvalue weighted by Gasteiger charge is 2.58. The molecule has 22 heavy (non-hydrogen) atoms. The SMILES string of the molecule is CC1=C[C@]2(C)[C@H]3CC[C@]4(C)CCC[C@H]4[C@@H]3CC[C@H]2N(C)C1=O. The summed E-state index contributed by atoms with van der Waals surface area (Å²) in [5.41, 5.74) is 1.81. The van der Waals surface area contributed by atoms with E-state index in [1.807, 2.05) is 14.0 Å². The molecule has 4 rings (SSSR count). The van der Waals surface area contributed by atoms with Crippen molar-refractivity contribution in [3.05, 3.63) is 11.6 Å². The third-order valence-electron chi connectivity index (χ3n) is 8.16. The van der Waals surface area contributed by atoms with E-state index in [0.29, 0.717) is 11.5 Å². The fourth-order valence-corrected chi connectivity index (χ4v) is 7.13. The molecule has 0 aromatic heterocycles. The zero-order valence-electron chi connectivity index (χ0n) is 14.7. The van der Waals surface area contributed by atoms with E-state index in [1.54, 1.807) is 0 Å². The van der Waals surface area contributed by atoms with Crippen LogP contribution in [0.3, 0.4) is 0 Å². The Morgan fingerprint density at radius 1 is 1.09 bits per heavy atom. The van der Waals surface area contributed by atoms with Crippen LogP contribution in [0.1, 0.15) is 65.7 Å². The first kappa shape index (κ1) is 14.8. The van der Waals surface area contributed by atoms with Gasteiger partial charge < -0.3 is 4.90 Å². The minimum Gasteiger partial charge on any atom is -0.338 e. The van der Waals surface area contributed by atoms with Crippen LogP contribution in [0.15, 0.2) is 11.6 Å². The largest absolute Gasteiger partial charge is 0.338 e. The summed E-state index contributed by atoms with van der Waals surface area (Å²) in [4.78, 5) is 14.4. The zero-order valence-corrected chi connectivity index (χ0v) is 14.7. The number of likely N-dealkylation sites (N-methyl/N-ethyl adjacent to an activating group) is 1. The van der Waals surface area contributed by atoms with Crippen molar-refractivity contribution in [3.8, 4) is 0 Å². The van der Waals surface area contributed by atoms with Crippen molar-refractivity contribution in [1.29, 1.82) is 0 Å². The molecule has 4 aliphatic rings. The van der Waals surface area contributed by atoms with Gasteiger partial charge in [0.25, 0.3) is 0 Å². The molecule has 122 valence electrons. The number of carbonyl (C=O) groups is 1. The predicted octanol–water partition coefficient (Wildman–Crippen LogP) is 4.41. The average Bonchev–Trinajstić information content (AvgIpc) is 2.86. The molecular weight excluding hydrogens is 270 g/mol. The Bertz CT molecular complexity index is 538. The summed E-state index contributed by atoms with van der Waals surface area (Å²) in [7, 11) is 2.03. The number of hydrogen-bond donors (Lipinski definition) is 0. The van der Waals surface area contributed by atoms with E-state index in [4.69, 9.17) is 0 Å². The molecule has 0 spiro atoms. The van der Waals surface area contributed by atoms with Crippen LogP contribution in [0.25, 0.3) is 0 Å². The van der Waals surface area contributed by atoms with Crippen molar-refractivity contribution in [2.75, 3.05) is 7.05 Å². The Balaban J connectivity index is 1.73. The second kappa shape index (κ2) is 4.61. The minimum absolute atomic E-state index is 0.208. The Labute approximate surface area is 135 Å². The van der Waals surface area contributed by atoms with Gasteiger partial charge in [0.1, 0.15) is 0 Å². The zero-order chi connectivity index (χ0) is 15.7. The molecule has 1 amide bonds. The number of amides is 1. The first-order valence-corrected chi connectivity index (χ1v) is 9.33. The molecule has 0 bridgehead atoms. The molecule has 0 N–H and O–H groups in total. The van der Waals surface area contributed by atoms with Gasteiger partial charge in [-0.25, -0.2) is 0 Å². The van der Waals surface area contributed by atoms with E-state index in [2.05, 4.69) is 24.8 Å². The highest BCUT2D eigenvalue weighted by Crippen LogP contribution is 2.64. The lowest BCUT2D eigenvalue weighted by molar-refractivity contribution is -0.139. The third-order valence-corrected chi connectivity index (χ3v) is 8.16. The Morgan fingerprint density at radius 3 is 2.64 bits per heavy atom. The second-order valence-electron chi connectivity index (χ2n) is 9.16. The van der Waals surface area contributed by atoms with E-state index in [9.17, 15) is 4.79 Å². The molecule has 0 aromatic carbocycles. The van der Waals surface area contributed by atoms with Crippen LogP contribution in [0.5, 0.6) is 0 Å². The highest BCUT2D eigenvalue weighted by molar-refractivity contribution is 5.94. The van der Waals surface area contributed by atoms with Gasteiger partial charge in [0, 0.05) is 24.1 Å². The van der Waals surface area contributed by atoms with Gasteiger partial charge in [-0.1, -0.05) is 26.3 Å². The first-order valence-electron chi connectivity index (χ1n) is 9.33. The van der Waals surface area contributed by atoms with Crippen molar-refractivity contribution in [3.63, 3.8) is 0 Å². The van der Waals surface area contributed by atoms with Gasteiger partial charge in [0.2, 0.25) is 5.91 Å². The van der Waals surface area contributed by atoms with Gasteiger partial charge in [-0.2, -0.15) is 0 Å². The molecule has 0 radical (unpaired) electrons. The van der Waals surface area contributed by atoms with Gasteiger partial charge >= 0.3 is 0 Å². The number of fused-ring (bicyclic) bond motifs is 5. The molecule has 0 unspecified atom stereocenters. The van der Waals surface area contributed by atoms with Crippen LogP contribution < -0.4 is 0 Å². The molecule has 0 saturated heterocycles. The van der Waals surface area contributed by atoms with Gasteiger partial charge in [0.05, 0.1) is 0 Å². The maximum absolute atomic E-state index is 12.4. The van der Waals surface area contributed by atoms with E-state index in [0.717, 1.165) is 23.3 Å². The number of carbonyl (C=O) groups excluding carboxylic acids is 1. The van der Waals surface area contributed by atoms with E-state index < -0.39 is 0 Å². The molecule has 0 aromatic rings. The molecule has 3 saturated carbocycles. The molecule has 1 heterocycles. The van der Waals surface area contributed by atoms with Crippen LogP contribution in [-0.2, 0) is 4.79 Å². The summed E-state index contributed by atoms with van der Waals surface area (Å²) in [6.07, 6.45) is 12.0. The summed E-state index contributed by atoms with van der Waals surface area (Å²) in [5, 5.41) is 0. The maximum atomic E-state index is 12.4. The summed E-state index contributed by atoms with van der Waals surface area (Å²) >= 11 is 0. The van der Waals surface area contributed by atoms with Crippen molar-refractivity contribution in [2.24, 2.45) is 28.6 Å². The second-order valence-corrected chi connectivity index (χ2v) is 9.16. The molecule has 6 atom stereocenters. The predicted molar refractivity (Wildman–Crippen MR) is 89.3 cm³/mol. The quantitative estimate of drug-likeness (QED) is 0.649. The lowest BCUT2D eigenvalue weighted by Crippen LogP contribution is -2.59. The lowest BCUT2D eigenvalue weighted by Gasteiger charge is -2.60. The van der Waals surface area contributed by atoms with Crippen LogP contribution in [0.4, 0.5) is 0 Å². The number of hydrogen-bond acceptors (Lipinski definition) is 1. The van der Waals surface area contributed by atoms with E-state index in [-0.39, 0.29) is 11.3 Å². The highest BCUT2D eigenvalue weighted by atomic mass is 16.2. The normalized spacial score (nSPS) is 51.0. The smallest absolute Gasteiger partial charge is 0.249 e. The van der Waals surface area contributed by atoms with Crippen LogP contribution >= 0.6 is 0 Å².